The van der Waals surface area contributed by atoms with Gasteiger partial charge in [-0.1, -0.05) is 24.3 Å². The van der Waals surface area contributed by atoms with Crippen molar-refractivity contribution in [2.45, 2.75) is 69.1 Å². The number of aliphatic carboxylic acids is 2. The van der Waals surface area contributed by atoms with Crippen LogP contribution < -0.4 is 27.4 Å². The smallest absolute Gasteiger partial charge is 0.326 e. The van der Waals surface area contributed by atoms with Crippen molar-refractivity contribution in [3.63, 3.8) is 0 Å². The molecule has 0 aliphatic heterocycles. The number of nitrogens with one attached hydrogen (secondary N) is 3. The van der Waals surface area contributed by atoms with Crippen LogP contribution in [0, 0.1) is 0 Å². The summed E-state index contributed by atoms with van der Waals surface area (Å²) in [5.41, 5.74) is 12.7. The van der Waals surface area contributed by atoms with Gasteiger partial charge in [-0.25, -0.2) is 4.79 Å². The van der Waals surface area contributed by atoms with Crippen molar-refractivity contribution < 1.29 is 44.4 Å². The summed E-state index contributed by atoms with van der Waals surface area (Å²) < 4.78 is 0. The molecule has 0 heterocycles. The first-order chi connectivity index (χ1) is 20.4. The largest absolute Gasteiger partial charge is 0.508 e. The van der Waals surface area contributed by atoms with Crippen molar-refractivity contribution in [1.82, 2.24) is 16.0 Å². The number of carboxylic acids is 2. The highest BCUT2D eigenvalue weighted by Gasteiger charge is 2.31. The summed E-state index contributed by atoms with van der Waals surface area (Å²) in [6.07, 6.45) is 0.198. The van der Waals surface area contributed by atoms with Crippen LogP contribution >= 0.6 is 0 Å². The predicted molar refractivity (Wildman–Crippen MR) is 155 cm³/mol. The molecular weight excluding hydrogens is 562 g/mol. The summed E-state index contributed by atoms with van der Waals surface area (Å²) in [6.45, 7) is 0.338. The summed E-state index contributed by atoms with van der Waals surface area (Å²) in [6, 6.07) is 6.84. The van der Waals surface area contributed by atoms with Gasteiger partial charge in [0.05, 0.1) is 6.04 Å². The number of carbonyl (C=O) groups excluding carboxylic acids is 3. The summed E-state index contributed by atoms with van der Waals surface area (Å²) >= 11 is 0. The van der Waals surface area contributed by atoms with Crippen molar-refractivity contribution >= 4 is 29.7 Å². The number of hydrogen-bond acceptors (Lipinski definition) is 9. The summed E-state index contributed by atoms with van der Waals surface area (Å²) in [4.78, 5) is 62.5. The fourth-order valence-corrected chi connectivity index (χ4v) is 4.17. The van der Waals surface area contributed by atoms with Crippen molar-refractivity contribution in [1.29, 1.82) is 0 Å². The van der Waals surface area contributed by atoms with Crippen molar-refractivity contribution in [3.05, 3.63) is 59.7 Å². The van der Waals surface area contributed by atoms with E-state index < -0.39 is 60.2 Å². The van der Waals surface area contributed by atoms with Crippen LogP contribution in [0.3, 0.4) is 0 Å². The van der Waals surface area contributed by atoms with Gasteiger partial charge in [0.25, 0.3) is 0 Å². The molecule has 234 valence electrons. The third-order valence-electron chi connectivity index (χ3n) is 6.58. The number of phenolic OH excluding ortho intramolecular Hbond substituents is 2. The van der Waals surface area contributed by atoms with Crippen LogP contribution in [0.4, 0.5) is 0 Å². The highest BCUT2D eigenvalue weighted by Crippen LogP contribution is 2.14. The van der Waals surface area contributed by atoms with Crippen molar-refractivity contribution in [2.24, 2.45) is 11.5 Å². The quantitative estimate of drug-likeness (QED) is 0.101. The van der Waals surface area contributed by atoms with Crippen LogP contribution in [-0.4, -0.2) is 80.8 Å². The van der Waals surface area contributed by atoms with Gasteiger partial charge in [-0.15, -0.1) is 0 Å². The van der Waals surface area contributed by atoms with Crippen LogP contribution in [0.2, 0.25) is 0 Å². The van der Waals surface area contributed by atoms with Gasteiger partial charge in [0.15, 0.2) is 0 Å². The fraction of sp³-hybridized carbons (Fsp3) is 0.414. The van der Waals surface area contributed by atoms with E-state index in [9.17, 15) is 44.4 Å². The first kappa shape index (κ1) is 34.5. The number of carboxylic acid groups (broad SMARTS) is 2. The first-order valence-electron chi connectivity index (χ1n) is 13.8. The highest BCUT2D eigenvalue weighted by atomic mass is 16.4. The number of nitrogens with two attached hydrogens (primary N) is 2. The lowest BCUT2D eigenvalue weighted by Crippen LogP contribution is -2.57. The van der Waals surface area contributed by atoms with Gasteiger partial charge in [-0.05, 0) is 74.0 Å². The molecule has 0 radical (unpaired) electrons. The van der Waals surface area contributed by atoms with E-state index in [4.69, 9.17) is 11.5 Å². The lowest BCUT2D eigenvalue weighted by atomic mass is 10.0. The molecule has 0 saturated heterocycles. The van der Waals surface area contributed by atoms with E-state index in [1.54, 1.807) is 12.1 Å². The van der Waals surface area contributed by atoms with E-state index in [0.717, 1.165) is 0 Å². The first-order valence-corrected chi connectivity index (χ1v) is 13.8. The van der Waals surface area contributed by atoms with E-state index in [-0.39, 0.29) is 37.2 Å². The maximum Gasteiger partial charge on any atom is 0.326 e. The Morgan fingerprint density at radius 2 is 1.14 bits per heavy atom. The van der Waals surface area contributed by atoms with Crippen LogP contribution in [0.1, 0.15) is 43.2 Å². The van der Waals surface area contributed by atoms with Crippen molar-refractivity contribution in [3.8, 4) is 11.5 Å². The molecule has 4 unspecified atom stereocenters. The molecule has 4 atom stereocenters. The molecule has 11 N–H and O–H groups in total. The standard InChI is InChI=1S/C29H39N5O9/c30-14-2-1-3-23(29(42)43)33-27(40)22(12-13-25(37)38)32-28(41)24(16-18-6-10-20(36)11-7-18)34-26(39)21(31)15-17-4-8-19(35)9-5-17/h4-11,21-24,35-36H,1-3,12-16,30-31H2,(H,32,41)(H,33,40)(H,34,39)(H,37,38)(H,42,43). The molecule has 0 bridgehead atoms. The molecule has 0 fully saturated rings. The van der Waals surface area contributed by atoms with E-state index in [1.807, 2.05) is 0 Å². The van der Waals surface area contributed by atoms with Gasteiger partial charge in [0.1, 0.15) is 29.6 Å². The Bertz CT molecular complexity index is 1240. The lowest BCUT2D eigenvalue weighted by molar-refractivity contribution is -0.143. The van der Waals surface area contributed by atoms with E-state index >= 15 is 0 Å². The Hall–Kier alpha value is -4.69. The van der Waals surface area contributed by atoms with Gasteiger partial charge in [-0.2, -0.15) is 0 Å². The number of unbranched alkanes of at least 4 members (excludes halogenated alkanes) is 1. The Morgan fingerprint density at radius 1 is 0.651 bits per heavy atom. The molecule has 14 heteroatoms. The van der Waals surface area contributed by atoms with Gasteiger partial charge in [0.2, 0.25) is 17.7 Å². The molecule has 2 rings (SSSR count). The topological polar surface area (TPSA) is 254 Å². The third-order valence-corrected chi connectivity index (χ3v) is 6.58. The molecule has 2 aromatic rings. The molecule has 2 aromatic carbocycles. The minimum absolute atomic E-state index is 0.0189. The Morgan fingerprint density at radius 3 is 1.65 bits per heavy atom. The van der Waals surface area contributed by atoms with E-state index in [1.165, 1.54) is 36.4 Å². The van der Waals surface area contributed by atoms with Crippen LogP contribution in [0.25, 0.3) is 0 Å². The average Bonchev–Trinajstić information content (AvgIpc) is 2.96. The summed E-state index contributed by atoms with van der Waals surface area (Å²) in [5.74, 6) is -4.93. The molecular formula is C29H39N5O9. The second-order valence-electron chi connectivity index (χ2n) is 10.1. The molecule has 0 spiro atoms. The van der Waals surface area contributed by atoms with Crippen LogP contribution in [0.5, 0.6) is 11.5 Å². The second-order valence-corrected chi connectivity index (χ2v) is 10.1. The second kappa shape index (κ2) is 17.3. The number of amides is 3. The predicted octanol–water partition coefficient (Wildman–Crippen LogP) is -0.257. The SMILES string of the molecule is NCCCCC(NC(=O)C(CCC(=O)O)NC(=O)C(Cc1ccc(O)cc1)NC(=O)C(N)Cc1ccc(O)cc1)C(=O)O. The lowest BCUT2D eigenvalue weighted by Gasteiger charge is -2.25. The molecule has 3 amide bonds. The molecule has 0 aliphatic carbocycles. The zero-order valence-electron chi connectivity index (χ0n) is 23.6. The van der Waals surface area contributed by atoms with Crippen molar-refractivity contribution in [2.75, 3.05) is 6.54 Å². The highest BCUT2D eigenvalue weighted by molar-refractivity contribution is 5.94. The zero-order chi connectivity index (χ0) is 31.9. The van der Waals surface area contributed by atoms with Gasteiger partial charge < -0.3 is 47.8 Å². The molecule has 43 heavy (non-hydrogen) atoms. The third kappa shape index (κ3) is 12.4. The molecule has 14 nitrogen and oxygen atoms in total. The summed E-state index contributed by atoms with van der Waals surface area (Å²) in [7, 11) is 0. The minimum Gasteiger partial charge on any atom is -0.508 e. The Labute approximate surface area is 248 Å². The van der Waals surface area contributed by atoms with Gasteiger partial charge in [-0.3, -0.25) is 19.2 Å². The monoisotopic (exact) mass is 601 g/mol. The normalized spacial score (nSPS) is 13.6. The number of hydrogen-bond donors (Lipinski definition) is 9. The molecule has 0 aromatic heterocycles. The minimum atomic E-state index is -1.43. The van der Waals surface area contributed by atoms with Gasteiger partial charge in [0, 0.05) is 12.8 Å². The fourth-order valence-electron chi connectivity index (χ4n) is 4.17. The molecule has 0 saturated carbocycles. The molecule has 0 aliphatic rings. The van der Waals surface area contributed by atoms with E-state index in [0.29, 0.717) is 30.5 Å². The summed E-state index contributed by atoms with van der Waals surface area (Å²) in [5, 5.41) is 45.2. The number of aromatic hydroxyl groups is 2. The maximum absolute atomic E-state index is 13.5. The number of phenols is 2. The van der Waals surface area contributed by atoms with E-state index in [2.05, 4.69) is 16.0 Å². The number of benzene rings is 2. The van der Waals surface area contributed by atoms with Crippen LogP contribution in [-0.2, 0) is 36.8 Å². The number of carbonyl (C=O) groups is 5. The Balaban J connectivity index is 2.24. The average molecular weight is 602 g/mol. The number of rotatable bonds is 18. The maximum atomic E-state index is 13.5. The van der Waals surface area contributed by atoms with Gasteiger partial charge >= 0.3 is 11.9 Å². The Kier molecular flexibility index (Phi) is 13.9. The van der Waals surface area contributed by atoms with Crippen LogP contribution in [0.15, 0.2) is 48.5 Å². The zero-order valence-corrected chi connectivity index (χ0v) is 23.6.